The summed E-state index contributed by atoms with van der Waals surface area (Å²) < 4.78 is 0. The van der Waals surface area contributed by atoms with Gasteiger partial charge in [0.1, 0.15) is 6.61 Å². The Labute approximate surface area is 118 Å². The number of hydrogen-bond acceptors (Lipinski definition) is 4. The maximum atomic E-state index is 11.5. The molecule has 20 heavy (non-hydrogen) atoms. The van der Waals surface area contributed by atoms with Crippen LogP contribution in [0.1, 0.15) is 31.2 Å². The third-order valence-corrected chi connectivity index (χ3v) is 2.74. The van der Waals surface area contributed by atoms with Crippen LogP contribution in [0.2, 0.25) is 0 Å². The minimum Gasteiger partial charge on any atom is -0.389 e. The van der Waals surface area contributed by atoms with Crippen molar-refractivity contribution in [1.82, 2.24) is 10.3 Å². The van der Waals surface area contributed by atoms with Crippen LogP contribution in [0.15, 0.2) is 30.6 Å². The number of hydrogen-bond donors (Lipinski definition) is 2. The van der Waals surface area contributed by atoms with E-state index in [2.05, 4.69) is 10.3 Å². The van der Waals surface area contributed by atoms with Gasteiger partial charge in [0.2, 0.25) is 5.91 Å². The van der Waals surface area contributed by atoms with E-state index in [-0.39, 0.29) is 18.3 Å². The number of nitrogens with one attached hydrogen (secondary N) is 1. The predicted molar refractivity (Wildman–Crippen MR) is 76.8 cm³/mol. The Morgan fingerprint density at radius 1 is 1.20 bits per heavy atom. The summed E-state index contributed by atoms with van der Waals surface area (Å²) in [5, 5.41) is 11.3. The Morgan fingerprint density at radius 2 is 1.95 bits per heavy atom. The lowest BCUT2D eigenvalue weighted by molar-refractivity contribution is -0.122. The van der Waals surface area contributed by atoms with E-state index in [0.717, 1.165) is 24.8 Å². The van der Waals surface area contributed by atoms with Gasteiger partial charge in [0.15, 0.2) is 5.78 Å². The number of carbonyl (C=O) groups excluding carboxylic acids is 2. The van der Waals surface area contributed by atoms with Crippen LogP contribution in [0.4, 0.5) is 0 Å². The highest BCUT2D eigenvalue weighted by Crippen LogP contribution is 2.00. The first-order valence-electron chi connectivity index (χ1n) is 6.71. The van der Waals surface area contributed by atoms with E-state index >= 15 is 0 Å². The SMILES string of the molecule is O=C(CO)CCCCCNC(=O)/C=C/c1ccncc1. The number of rotatable bonds is 9. The van der Waals surface area contributed by atoms with Crippen molar-refractivity contribution in [3.05, 3.63) is 36.2 Å². The largest absolute Gasteiger partial charge is 0.389 e. The van der Waals surface area contributed by atoms with Gasteiger partial charge in [0.05, 0.1) is 0 Å². The zero-order valence-corrected chi connectivity index (χ0v) is 11.4. The second-order valence-electron chi connectivity index (χ2n) is 4.41. The maximum absolute atomic E-state index is 11.5. The van der Waals surface area contributed by atoms with Gasteiger partial charge in [0.25, 0.3) is 0 Å². The standard InChI is InChI=1S/C15H20N2O3/c18-12-14(19)4-2-1-3-9-17-15(20)6-5-13-7-10-16-11-8-13/h5-8,10-11,18H,1-4,9,12H2,(H,17,20)/b6-5+. The fraction of sp³-hybridized carbons (Fsp3) is 0.400. The van der Waals surface area contributed by atoms with Crippen molar-refractivity contribution < 1.29 is 14.7 Å². The van der Waals surface area contributed by atoms with Crippen molar-refractivity contribution in [2.24, 2.45) is 0 Å². The van der Waals surface area contributed by atoms with Crippen LogP contribution in [-0.4, -0.2) is 34.9 Å². The number of nitrogens with zero attached hydrogens (tertiary/aromatic N) is 1. The molecule has 1 heterocycles. The van der Waals surface area contributed by atoms with E-state index in [1.165, 1.54) is 6.08 Å². The number of carbonyl (C=O) groups is 2. The summed E-state index contributed by atoms with van der Waals surface area (Å²) in [6.45, 7) is 0.212. The first-order valence-corrected chi connectivity index (χ1v) is 6.71. The number of unbranched alkanes of at least 4 members (excludes halogenated alkanes) is 2. The predicted octanol–water partition coefficient (Wildman–Crippen LogP) is 1.33. The Balaban J connectivity index is 2.09. The molecule has 0 bridgehead atoms. The lowest BCUT2D eigenvalue weighted by Crippen LogP contribution is -2.22. The number of pyridine rings is 1. The maximum Gasteiger partial charge on any atom is 0.243 e. The molecule has 0 aliphatic rings. The summed E-state index contributed by atoms with van der Waals surface area (Å²) in [7, 11) is 0. The first-order chi connectivity index (χ1) is 9.72. The average Bonchev–Trinajstić information content (AvgIpc) is 2.49. The molecule has 5 nitrogen and oxygen atoms in total. The second kappa shape index (κ2) is 9.86. The molecule has 0 saturated carbocycles. The number of aromatic nitrogens is 1. The zero-order valence-electron chi connectivity index (χ0n) is 11.4. The summed E-state index contributed by atoms with van der Waals surface area (Å²) in [6.07, 6.45) is 9.42. The first kappa shape index (κ1) is 16.0. The van der Waals surface area contributed by atoms with E-state index in [9.17, 15) is 9.59 Å². The molecule has 0 fully saturated rings. The van der Waals surface area contributed by atoms with E-state index in [1.54, 1.807) is 18.5 Å². The highest BCUT2D eigenvalue weighted by atomic mass is 16.3. The highest BCUT2D eigenvalue weighted by Gasteiger charge is 1.99. The number of ketones is 1. The summed E-state index contributed by atoms with van der Waals surface area (Å²) in [5.41, 5.74) is 0.928. The van der Waals surface area contributed by atoms with Gasteiger partial charge in [-0.25, -0.2) is 0 Å². The average molecular weight is 276 g/mol. The molecule has 0 saturated heterocycles. The molecule has 1 aromatic rings. The molecule has 0 aromatic carbocycles. The van der Waals surface area contributed by atoms with Gasteiger partial charge < -0.3 is 10.4 Å². The smallest absolute Gasteiger partial charge is 0.243 e. The van der Waals surface area contributed by atoms with Crippen molar-refractivity contribution in [3.8, 4) is 0 Å². The topological polar surface area (TPSA) is 79.3 Å². The molecular weight excluding hydrogens is 256 g/mol. The third kappa shape index (κ3) is 7.43. The molecule has 2 N–H and O–H groups in total. The van der Waals surface area contributed by atoms with E-state index < -0.39 is 0 Å². The summed E-state index contributed by atoms with van der Waals surface area (Å²) in [4.78, 5) is 26.2. The molecule has 0 unspecified atom stereocenters. The van der Waals surface area contributed by atoms with E-state index in [4.69, 9.17) is 5.11 Å². The fourth-order valence-electron chi connectivity index (χ4n) is 1.62. The minimum absolute atomic E-state index is 0.130. The van der Waals surface area contributed by atoms with E-state index in [1.807, 2.05) is 12.1 Å². The molecule has 1 rings (SSSR count). The van der Waals surface area contributed by atoms with Gasteiger partial charge in [-0.15, -0.1) is 0 Å². The zero-order chi connectivity index (χ0) is 14.6. The molecule has 1 amide bonds. The quantitative estimate of drug-likeness (QED) is 0.527. The van der Waals surface area contributed by atoms with Crippen LogP contribution in [0, 0.1) is 0 Å². The Kier molecular flexibility index (Phi) is 7.91. The minimum atomic E-state index is -0.378. The van der Waals surface area contributed by atoms with Gasteiger partial charge in [-0.3, -0.25) is 14.6 Å². The van der Waals surface area contributed by atoms with Gasteiger partial charge in [-0.2, -0.15) is 0 Å². The lowest BCUT2D eigenvalue weighted by atomic mass is 10.1. The molecule has 0 aliphatic heterocycles. The number of aliphatic hydroxyl groups is 1. The normalized spacial score (nSPS) is 10.7. The van der Waals surface area contributed by atoms with Crippen LogP contribution >= 0.6 is 0 Å². The summed E-state index contributed by atoms with van der Waals surface area (Å²) in [5.74, 6) is -0.262. The molecule has 0 atom stereocenters. The molecule has 0 aliphatic carbocycles. The van der Waals surface area contributed by atoms with Gasteiger partial charge in [-0.05, 0) is 36.6 Å². The summed E-state index contributed by atoms with van der Waals surface area (Å²) in [6, 6.07) is 3.64. The molecule has 5 heteroatoms. The van der Waals surface area contributed by atoms with Crippen molar-refractivity contribution in [2.75, 3.05) is 13.2 Å². The fourth-order valence-corrected chi connectivity index (χ4v) is 1.62. The van der Waals surface area contributed by atoms with Crippen LogP contribution in [0.3, 0.4) is 0 Å². The van der Waals surface area contributed by atoms with Crippen molar-refractivity contribution in [1.29, 1.82) is 0 Å². The second-order valence-corrected chi connectivity index (χ2v) is 4.41. The molecule has 1 aromatic heterocycles. The molecule has 108 valence electrons. The molecule has 0 radical (unpaired) electrons. The van der Waals surface area contributed by atoms with Crippen molar-refractivity contribution in [3.63, 3.8) is 0 Å². The van der Waals surface area contributed by atoms with Gasteiger partial charge in [-0.1, -0.05) is 6.42 Å². The Morgan fingerprint density at radius 3 is 2.65 bits per heavy atom. The number of aliphatic hydroxyl groups excluding tert-OH is 1. The lowest BCUT2D eigenvalue weighted by Gasteiger charge is -2.02. The van der Waals surface area contributed by atoms with Crippen LogP contribution in [0.25, 0.3) is 6.08 Å². The summed E-state index contributed by atoms with van der Waals surface area (Å²) >= 11 is 0. The van der Waals surface area contributed by atoms with Crippen molar-refractivity contribution in [2.45, 2.75) is 25.7 Å². The van der Waals surface area contributed by atoms with Gasteiger partial charge in [0, 0.05) is 31.4 Å². The van der Waals surface area contributed by atoms with Gasteiger partial charge >= 0.3 is 0 Å². The van der Waals surface area contributed by atoms with Crippen LogP contribution in [-0.2, 0) is 9.59 Å². The van der Waals surface area contributed by atoms with Crippen LogP contribution < -0.4 is 5.32 Å². The highest BCUT2D eigenvalue weighted by molar-refractivity contribution is 5.91. The van der Waals surface area contributed by atoms with Crippen molar-refractivity contribution >= 4 is 17.8 Å². The molecular formula is C15H20N2O3. The third-order valence-electron chi connectivity index (χ3n) is 2.74. The van der Waals surface area contributed by atoms with E-state index in [0.29, 0.717) is 13.0 Å². The van der Waals surface area contributed by atoms with Crippen LogP contribution in [0.5, 0.6) is 0 Å². The Bertz CT molecular complexity index is 444. The number of Topliss-reactive ketones (excluding diaryl/α,β-unsaturated/α-hetero) is 1. The molecule has 0 spiro atoms. The Hall–Kier alpha value is -2.01. The monoisotopic (exact) mass is 276 g/mol. The number of amides is 1.